The van der Waals surface area contributed by atoms with Crippen LogP contribution in [0.25, 0.3) is 0 Å². The summed E-state index contributed by atoms with van der Waals surface area (Å²) in [5.74, 6) is 2.66. The van der Waals surface area contributed by atoms with Gasteiger partial charge in [0.2, 0.25) is 5.89 Å². The van der Waals surface area contributed by atoms with E-state index in [0.29, 0.717) is 48.5 Å². The Morgan fingerprint density at radius 1 is 1.25 bits per heavy atom. The molecule has 7 nitrogen and oxygen atoms in total. The van der Waals surface area contributed by atoms with Crippen LogP contribution in [-0.2, 0) is 0 Å². The SMILES string of the molecule is Cc1noc([C@H]2CCCN(C(=O)c3ccc4c(c3)OCCO4)C2)n1. The summed E-state index contributed by atoms with van der Waals surface area (Å²) in [5, 5.41) is 3.85. The molecule has 0 unspecified atom stereocenters. The zero-order chi connectivity index (χ0) is 16.5. The molecule has 2 aromatic rings. The number of rotatable bonds is 2. The van der Waals surface area contributed by atoms with E-state index in [1.165, 1.54) is 0 Å². The molecule has 0 aliphatic carbocycles. The molecule has 1 amide bonds. The highest BCUT2D eigenvalue weighted by atomic mass is 16.6. The van der Waals surface area contributed by atoms with Crippen LogP contribution in [0.1, 0.15) is 40.8 Å². The van der Waals surface area contributed by atoms with Crippen LogP contribution in [0.3, 0.4) is 0 Å². The van der Waals surface area contributed by atoms with Crippen molar-refractivity contribution in [3.8, 4) is 11.5 Å². The van der Waals surface area contributed by atoms with Crippen LogP contribution in [0.4, 0.5) is 0 Å². The first-order valence-corrected chi connectivity index (χ1v) is 8.20. The van der Waals surface area contributed by atoms with Crippen LogP contribution in [0.2, 0.25) is 0 Å². The Bertz CT molecular complexity index is 758. The fourth-order valence-electron chi connectivity index (χ4n) is 3.20. The van der Waals surface area contributed by atoms with Gasteiger partial charge in [-0.3, -0.25) is 4.79 Å². The molecule has 1 aromatic heterocycles. The van der Waals surface area contributed by atoms with Crippen LogP contribution in [-0.4, -0.2) is 47.3 Å². The number of nitrogens with zero attached hydrogens (tertiary/aromatic N) is 3. The third kappa shape index (κ3) is 2.81. The monoisotopic (exact) mass is 329 g/mol. The molecule has 1 aromatic carbocycles. The van der Waals surface area contributed by atoms with Crippen molar-refractivity contribution in [1.29, 1.82) is 0 Å². The second-order valence-electron chi connectivity index (χ2n) is 6.13. The Morgan fingerprint density at radius 3 is 2.88 bits per heavy atom. The van der Waals surface area contributed by atoms with Crippen LogP contribution in [0, 0.1) is 6.92 Å². The Morgan fingerprint density at radius 2 is 2.08 bits per heavy atom. The van der Waals surface area contributed by atoms with Gasteiger partial charge in [-0.1, -0.05) is 5.16 Å². The minimum atomic E-state index is -0.00656. The molecule has 2 aliphatic heterocycles. The number of fused-ring (bicyclic) bond motifs is 1. The highest BCUT2D eigenvalue weighted by Gasteiger charge is 2.29. The lowest BCUT2D eigenvalue weighted by molar-refractivity contribution is 0.0694. The smallest absolute Gasteiger partial charge is 0.254 e. The summed E-state index contributed by atoms with van der Waals surface area (Å²) in [5.41, 5.74) is 0.613. The summed E-state index contributed by atoms with van der Waals surface area (Å²) in [7, 11) is 0. The van der Waals surface area contributed by atoms with Crippen LogP contribution in [0.15, 0.2) is 22.7 Å². The van der Waals surface area contributed by atoms with Crippen molar-refractivity contribution in [3.05, 3.63) is 35.5 Å². The van der Waals surface area contributed by atoms with Gasteiger partial charge in [0.1, 0.15) is 13.2 Å². The number of hydrogen-bond acceptors (Lipinski definition) is 6. The molecule has 3 heterocycles. The number of aromatic nitrogens is 2. The summed E-state index contributed by atoms with van der Waals surface area (Å²) in [6.07, 6.45) is 1.87. The van der Waals surface area contributed by atoms with Crippen molar-refractivity contribution in [2.75, 3.05) is 26.3 Å². The lowest BCUT2D eigenvalue weighted by atomic mass is 9.97. The number of carbonyl (C=O) groups excluding carboxylic acids is 1. The number of piperidine rings is 1. The average molecular weight is 329 g/mol. The van der Waals surface area contributed by atoms with Crippen LogP contribution in [0.5, 0.6) is 11.5 Å². The van der Waals surface area contributed by atoms with E-state index >= 15 is 0 Å². The number of aryl methyl sites for hydroxylation is 1. The number of ether oxygens (including phenoxy) is 2. The number of hydrogen-bond donors (Lipinski definition) is 0. The number of amides is 1. The molecule has 126 valence electrons. The maximum Gasteiger partial charge on any atom is 0.254 e. The Hall–Kier alpha value is -2.57. The number of benzene rings is 1. The zero-order valence-corrected chi connectivity index (χ0v) is 13.5. The molecule has 1 fully saturated rings. The number of carbonyl (C=O) groups is 1. The van der Waals surface area contributed by atoms with Crippen LogP contribution >= 0.6 is 0 Å². The summed E-state index contributed by atoms with van der Waals surface area (Å²) < 4.78 is 16.3. The molecule has 24 heavy (non-hydrogen) atoms. The molecule has 1 atom stereocenters. The summed E-state index contributed by atoms with van der Waals surface area (Å²) in [4.78, 5) is 19.0. The quantitative estimate of drug-likeness (QED) is 0.840. The minimum absolute atomic E-state index is 0.00656. The molecule has 1 saturated heterocycles. The Balaban J connectivity index is 1.51. The first-order valence-electron chi connectivity index (χ1n) is 8.20. The first-order chi connectivity index (χ1) is 11.7. The van der Waals surface area contributed by atoms with Crippen molar-refractivity contribution in [2.24, 2.45) is 0 Å². The standard InChI is InChI=1S/C17H19N3O4/c1-11-18-16(24-19-11)13-3-2-6-20(10-13)17(21)12-4-5-14-15(9-12)23-8-7-22-14/h4-5,9,13H,2-3,6-8,10H2,1H3/t13-/m0/s1. The predicted octanol–water partition coefficient (Wildman–Crippen LogP) is 2.17. The molecule has 0 spiro atoms. The molecular weight excluding hydrogens is 310 g/mol. The van der Waals surface area contributed by atoms with E-state index < -0.39 is 0 Å². The maximum absolute atomic E-state index is 12.8. The largest absolute Gasteiger partial charge is 0.486 e. The maximum atomic E-state index is 12.8. The van der Waals surface area contributed by atoms with Crippen molar-refractivity contribution < 1.29 is 18.8 Å². The van der Waals surface area contributed by atoms with E-state index in [0.717, 1.165) is 19.4 Å². The van der Waals surface area contributed by atoms with Crippen molar-refractivity contribution in [3.63, 3.8) is 0 Å². The first kappa shape index (κ1) is 15.0. The van der Waals surface area contributed by atoms with Gasteiger partial charge in [0.15, 0.2) is 17.3 Å². The summed E-state index contributed by atoms with van der Waals surface area (Å²) in [6.45, 7) is 4.17. The fourth-order valence-corrected chi connectivity index (χ4v) is 3.20. The van der Waals surface area contributed by atoms with Gasteiger partial charge in [-0.15, -0.1) is 0 Å². The van der Waals surface area contributed by atoms with Gasteiger partial charge in [0, 0.05) is 18.7 Å². The predicted molar refractivity (Wildman–Crippen MR) is 84.3 cm³/mol. The van der Waals surface area contributed by atoms with E-state index in [1.54, 1.807) is 25.1 Å². The van der Waals surface area contributed by atoms with E-state index in [-0.39, 0.29) is 11.8 Å². The second kappa shape index (κ2) is 6.14. The second-order valence-corrected chi connectivity index (χ2v) is 6.13. The van der Waals surface area contributed by atoms with E-state index in [9.17, 15) is 4.79 Å². The Labute approximate surface area is 139 Å². The van der Waals surface area contributed by atoms with Gasteiger partial charge in [-0.2, -0.15) is 4.98 Å². The summed E-state index contributed by atoms with van der Waals surface area (Å²) in [6, 6.07) is 5.35. The van der Waals surface area contributed by atoms with Gasteiger partial charge in [0.05, 0.1) is 5.92 Å². The molecule has 4 rings (SSSR count). The molecule has 0 radical (unpaired) electrons. The van der Waals surface area contributed by atoms with Crippen molar-refractivity contribution in [1.82, 2.24) is 15.0 Å². The molecule has 0 saturated carbocycles. The van der Waals surface area contributed by atoms with Gasteiger partial charge in [-0.05, 0) is 38.0 Å². The molecule has 7 heteroatoms. The normalized spacial score (nSPS) is 20.0. The topological polar surface area (TPSA) is 77.7 Å². The minimum Gasteiger partial charge on any atom is -0.486 e. The zero-order valence-electron chi connectivity index (χ0n) is 13.5. The lowest BCUT2D eigenvalue weighted by Crippen LogP contribution is -2.39. The molecule has 0 N–H and O–H groups in total. The van der Waals surface area contributed by atoms with Crippen molar-refractivity contribution in [2.45, 2.75) is 25.7 Å². The Kier molecular flexibility index (Phi) is 3.84. The van der Waals surface area contributed by atoms with Gasteiger partial charge < -0.3 is 18.9 Å². The highest BCUT2D eigenvalue weighted by Crippen LogP contribution is 2.32. The van der Waals surface area contributed by atoms with Gasteiger partial charge in [-0.25, -0.2) is 0 Å². The van der Waals surface area contributed by atoms with Crippen LogP contribution < -0.4 is 9.47 Å². The van der Waals surface area contributed by atoms with E-state index in [1.807, 2.05) is 4.90 Å². The highest BCUT2D eigenvalue weighted by molar-refractivity contribution is 5.95. The summed E-state index contributed by atoms with van der Waals surface area (Å²) >= 11 is 0. The number of likely N-dealkylation sites (tertiary alicyclic amines) is 1. The van der Waals surface area contributed by atoms with E-state index in [2.05, 4.69) is 10.1 Å². The molecule has 2 aliphatic rings. The van der Waals surface area contributed by atoms with Crippen molar-refractivity contribution >= 4 is 5.91 Å². The fraction of sp³-hybridized carbons (Fsp3) is 0.471. The van der Waals surface area contributed by atoms with Gasteiger partial charge in [0.25, 0.3) is 5.91 Å². The third-order valence-electron chi connectivity index (χ3n) is 4.39. The molecular formula is C17H19N3O4. The molecule has 0 bridgehead atoms. The van der Waals surface area contributed by atoms with Gasteiger partial charge >= 0.3 is 0 Å². The van der Waals surface area contributed by atoms with E-state index in [4.69, 9.17) is 14.0 Å². The third-order valence-corrected chi connectivity index (χ3v) is 4.39. The lowest BCUT2D eigenvalue weighted by Gasteiger charge is -2.31. The average Bonchev–Trinajstić information content (AvgIpc) is 3.07.